The van der Waals surface area contributed by atoms with E-state index in [1.165, 1.54) is 20.8 Å². The summed E-state index contributed by atoms with van der Waals surface area (Å²) >= 11 is 0. The molecule has 3 N–H and O–H groups in total. The maximum atomic E-state index is 11.6. The van der Waals surface area contributed by atoms with E-state index >= 15 is 0 Å². The number of aliphatic carboxylic acids is 1. The Balaban J connectivity index is 5.13. The smallest absolute Gasteiger partial charge is 0.322 e. The summed E-state index contributed by atoms with van der Waals surface area (Å²) in [5.41, 5.74) is 5.28. The van der Waals surface area contributed by atoms with Crippen LogP contribution in [0, 0.1) is 5.92 Å². The third kappa shape index (κ3) is 2.68. The summed E-state index contributed by atoms with van der Waals surface area (Å²) in [6.07, 6.45) is 0. The highest BCUT2D eigenvalue weighted by atomic mass is 32.2. The molecular weight excluding hydrogens is 206 g/mol. The quantitative estimate of drug-likeness (QED) is 0.676. The number of carbonyl (C=O) groups is 1. The minimum atomic E-state index is -3.63. The van der Waals surface area contributed by atoms with E-state index in [4.69, 9.17) is 10.8 Å². The Morgan fingerprint density at radius 2 is 1.79 bits per heavy atom. The van der Waals surface area contributed by atoms with Crippen molar-refractivity contribution >= 4 is 15.8 Å². The zero-order valence-corrected chi connectivity index (χ0v) is 9.41. The van der Waals surface area contributed by atoms with Crippen LogP contribution < -0.4 is 5.73 Å². The van der Waals surface area contributed by atoms with Crippen LogP contribution in [0.2, 0.25) is 0 Å². The predicted molar refractivity (Wildman–Crippen MR) is 53.7 cm³/mol. The molecule has 0 saturated heterocycles. The standard InChI is InChI=1S/C8H17NO4S/c1-5(2)14(12,13)7(8(10)11)6(3)4-9/h5-7H,4,9H2,1-3H3,(H,10,11). The van der Waals surface area contributed by atoms with Gasteiger partial charge in [0.2, 0.25) is 0 Å². The number of hydrogen-bond acceptors (Lipinski definition) is 4. The lowest BCUT2D eigenvalue weighted by molar-refractivity contribution is -0.137. The summed E-state index contributed by atoms with van der Waals surface area (Å²) in [5, 5.41) is 6.73. The van der Waals surface area contributed by atoms with Gasteiger partial charge in [0.05, 0.1) is 5.25 Å². The Morgan fingerprint density at radius 1 is 1.36 bits per heavy atom. The molecule has 0 heterocycles. The van der Waals surface area contributed by atoms with Crippen LogP contribution in [0.25, 0.3) is 0 Å². The highest BCUT2D eigenvalue weighted by molar-refractivity contribution is 7.93. The molecule has 0 amide bonds. The second-order valence-electron chi connectivity index (χ2n) is 3.61. The molecule has 0 aliphatic heterocycles. The molecule has 14 heavy (non-hydrogen) atoms. The van der Waals surface area contributed by atoms with E-state index in [0.29, 0.717) is 0 Å². The van der Waals surface area contributed by atoms with Crippen LogP contribution in [0.5, 0.6) is 0 Å². The number of nitrogens with two attached hydrogens (primary N) is 1. The van der Waals surface area contributed by atoms with Gasteiger partial charge in [-0.25, -0.2) is 8.42 Å². The van der Waals surface area contributed by atoms with Crippen molar-refractivity contribution in [2.45, 2.75) is 31.3 Å². The van der Waals surface area contributed by atoms with E-state index in [0.717, 1.165) is 0 Å². The molecule has 2 unspecified atom stereocenters. The van der Waals surface area contributed by atoms with Gasteiger partial charge >= 0.3 is 5.97 Å². The molecule has 0 rings (SSSR count). The molecule has 2 atom stereocenters. The third-order valence-electron chi connectivity index (χ3n) is 2.14. The summed E-state index contributed by atoms with van der Waals surface area (Å²) in [4.78, 5) is 10.8. The first kappa shape index (κ1) is 13.4. The Hall–Kier alpha value is -0.620. The lowest BCUT2D eigenvalue weighted by atomic mass is 10.1. The van der Waals surface area contributed by atoms with E-state index in [2.05, 4.69) is 0 Å². The van der Waals surface area contributed by atoms with E-state index in [1.807, 2.05) is 0 Å². The Labute approximate surface area is 84.2 Å². The van der Waals surface area contributed by atoms with Gasteiger partial charge in [-0.3, -0.25) is 4.79 Å². The predicted octanol–water partition coefficient (Wildman–Crippen LogP) is -0.142. The van der Waals surface area contributed by atoms with E-state index in [1.54, 1.807) is 0 Å². The average Bonchev–Trinajstić information content (AvgIpc) is 2.02. The molecule has 0 aromatic rings. The molecular formula is C8H17NO4S. The molecule has 0 aromatic carbocycles. The lowest BCUT2D eigenvalue weighted by Gasteiger charge is -2.20. The summed E-state index contributed by atoms with van der Waals surface area (Å²) < 4.78 is 23.3. The summed E-state index contributed by atoms with van der Waals surface area (Å²) in [7, 11) is -3.63. The van der Waals surface area contributed by atoms with Gasteiger partial charge < -0.3 is 10.8 Å². The molecule has 0 fully saturated rings. The maximum absolute atomic E-state index is 11.6. The monoisotopic (exact) mass is 223 g/mol. The minimum Gasteiger partial charge on any atom is -0.480 e. The first-order valence-corrected chi connectivity index (χ1v) is 6.01. The van der Waals surface area contributed by atoms with E-state index in [-0.39, 0.29) is 6.54 Å². The van der Waals surface area contributed by atoms with Gasteiger partial charge in [0, 0.05) is 0 Å². The average molecular weight is 223 g/mol. The van der Waals surface area contributed by atoms with Crippen LogP contribution in [0.4, 0.5) is 0 Å². The molecule has 5 nitrogen and oxygen atoms in total. The molecule has 6 heteroatoms. The fraction of sp³-hybridized carbons (Fsp3) is 0.875. The van der Waals surface area contributed by atoms with Crippen molar-refractivity contribution in [3.05, 3.63) is 0 Å². The molecule has 0 bridgehead atoms. The van der Waals surface area contributed by atoms with Crippen LogP contribution in [0.3, 0.4) is 0 Å². The number of sulfone groups is 1. The van der Waals surface area contributed by atoms with Gasteiger partial charge in [0.15, 0.2) is 15.1 Å². The van der Waals surface area contributed by atoms with Crippen molar-refractivity contribution in [1.29, 1.82) is 0 Å². The van der Waals surface area contributed by atoms with Crippen LogP contribution >= 0.6 is 0 Å². The molecule has 0 spiro atoms. The van der Waals surface area contributed by atoms with E-state index < -0.39 is 32.2 Å². The van der Waals surface area contributed by atoms with Crippen LogP contribution in [-0.2, 0) is 14.6 Å². The van der Waals surface area contributed by atoms with Gasteiger partial charge in [-0.1, -0.05) is 6.92 Å². The molecule has 0 saturated carbocycles. The topological polar surface area (TPSA) is 97.5 Å². The number of carboxylic acid groups (broad SMARTS) is 1. The molecule has 84 valence electrons. The molecule has 0 radical (unpaired) electrons. The third-order valence-corrected chi connectivity index (χ3v) is 4.83. The highest BCUT2D eigenvalue weighted by Gasteiger charge is 2.38. The second-order valence-corrected chi connectivity index (χ2v) is 6.24. The fourth-order valence-electron chi connectivity index (χ4n) is 1.12. The van der Waals surface area contributed by atoms with Gasteiger partial charge in [-0.15, -0.1) is 0 Å². The minimum absolute atomic E-state index is 0.0446. The Kier molecular flexibility index (Phi) is 4.54. The summed E-state index contributed by atoms with van der Waals surface area (Å²) in [6, 6.07) is 0. The largest absolute Gasteiger partial charge is 0.480 e. The lowest BCUT2D eigenvalue weighted by Crippen LogP contribution is -2.42. The number of hydrogen-bond donors (Lipinski definition) is 2. The Morgan fingerprint density at radius 3 is 2.00 bits per heavy atom. The maximum Gasteiger partial charge on any atom is 0.322 e. The molecule has 0 aliphatic carbocycles. The second kappa shape index (κ2) is 4.75. The van der Waals surface area contributed by atoms with Crippen LogP contribution in [0.15, 0.2) is 0 Å². The number of rotatable bonds is 5. The van der Waals surface area contributed by atoms with Crippen molar-refractivity contribution in [3.8, 4) is 0 Å². The first-order chi connectivity index (χ1) is 6.25. The highest BCUT2D eigenvalue weighted by Crippen LogP contribution is 2.17. The number of carboxylic acids is 1. The van der Waals surface area contributed by atoms with Crippen molar-refractivity contribution in [3.63, 3.8) is 0 Å². The normalized spacial score (nSPS) is 16.6. The van der Waals surface area contributed by atoms with Gasteiger partial charge in [-0.05, 0) is 26.3 Å². The van der Waals surface area contributed by atoms with Crippen LogP contribution in [-0.4, -0.2) is 36.5 Å². The van der Waals surface area contributed by atoms with Gasteiger partial charge in [0.1, 0.15) is 0 Å². The summed E-state index contributed by atoms with van der Waals surface area (Å²) in [6.45, 7) is 4.50. The summed E-state index contributed by atoms with van der Waals surface area (Å²) in [5.74, 6) is -1.89. The Bertz CT molecular complexity index is 296. The van der Waals surface area contributed by atoms with Crippen molar-refractivity contribution in [1.82, 2.24) is 0 Å². The van der Waals surface area contributed by atoms with Gasteiger partial charge in [0.25, 0.3) is 0 Å². The van der Waals surface area contributed by atoms with Crippen molar-refractivity contribution < 1.29 is 18.3 Å². The van der Waals surface area contributed by atoms with Gasteiger partial charge in [-0.2, -0.15) is 0 Å². The molecule has 0 aromatic heterocycles. The van der Waals surface area contributed by atoms with Crippen molar-refractivity contribution in [2.24, 2.45) is 11.7 Å². The van der Waals surface area contributed by atoms with Crippen molar-refractivity contribution in [2.75, 3.05) is 6.54 Å². The zero-order valence-electron chi connectivity index (χ0n) is 8.60. The fourth-order valence-corrected chi connectivity index (χ4v) is 2.75. The van der Waals surface area contributed by atoms with Crippen LogP contribution in [0.1, 0.15) is 20.8 Å². The SMILES string of the molecule is CC(CN)C(C(=O)O)S(=O)(=O)C(C)C. The molecule has 0 aliphatic rings. The van der Waals surface area contributed by atoms with E-state index in [9.17, 15) is 13.2 Å². The first-order valence-electron chi connectivity index (χ1n) is 4.40. The zero-order chi connectivity index (χ0) is 11.5.